The molecule has 0 aliphatic carbocycles. The van der Waals surface area contributed by atoms with Crippen LogP contribution in [-0.4, -0.2) is 38.7 Å². The molecule has 1 aliphatic rings. The molecule has 1 aromatic carbocycles. The average molecular weight is 361 g/mol. The number of likely N-dealkylation sites (tertiary alicyclic amines) is 1. The van der Waals surface area contributed by atoms with Crippen LogP contribution in [0, 0.1) is 17.7 Å². The number of rotatable bonds is 4. The SMILES string of the molecule is CC1CC(C)CN(C(=O)C(C)Sc2nccn2-c2cccc(F)c2)C1. The first-order valence-corrected chi connectivity index (χ1v) is 9.56. The third kappa shape index (κ3) is 4.24. The lowest BCUT2D eigenvalue weighted by Gasteiger charge is -2.36. The Kier molecular flexibility index (Phi) is 5.47. The molecule has 1 aliphatic heterocycles. The molecular weight excluding hydrogens is 337 g/mol. The van der Waals surface area contributed by atoms with Crippen LogP contribution < -0.4 is 0 Å². The van der Waals surface area contributed by atoms with Gasteiger partial charge in [0.15, 0.2) is 5.16 Å². The highest BCUT2D eigenvalue weighted by atomic mass is 32.2. The van der Waals surface area contributed by atoms with E-state index in [1.165, 1.54) is 30.3 Å². The van der Waals surface area contributed by atoms with Crippen LogP contribution in [-0.2, 0) is 4.79 Å². The van der Waals surface area contributed by atoms with Crippen LogP contribution in [0.5, 0.6) is 0 Å². The second kappa shape index (κ2) is 7.60. The fourth-order valence-corrected chi connectivity index (χ4v) is 4.48. The molecule has 0 saturated carbocycles. The van der Waals surface area contributed by atoms with Crippen LogP contribution in [0.15, 0.2) is 41.8 Å². The van der Waals surface area contributed by atoms with Crippen molar-refractivity contribution in [1.29, 1.82) is 0 Å². The van der Waals surface area contributed by atoms with Crippen molar-refractivity contribution < 1.29 is 9.18 Å². The number of piperidine rings is 1. The maximum atomic E-state index is 13.5. The summed E-state index contributed by atoms with van der Waals surface area (Å²) in [4.78, 5) is 19.2. The molecule has 1 fully saturated rings. The van der Waals surface area contributed by atoms with Crippen molar-refractivity contribution in [2.24, 2.45) is 11.8 Å². The summed E-state index contributed by atoms with van der Waals surface area (Å²) in [6.45, 7) is 7.97. The van der Waals surface area contributed by atoms with Gasteiger partial charge in [0, 0.05) is 25.5 Å². The molecule has 1 aromatic heterocycles. The van der Waals surface area contributed by atoms with Crippen molar-refractivity contribution >= 4 is 17.7 Å². The Hall–Kier alpha value is -1.82. The summed E-state index contributed by atoms with van der Waals surface area (Å²) in [5.74, 6) is 0.943. The molecule has 134 valence electrons. The lowest BCUT2D eigenvalue weighted by Crippen LogP contribution is -2.45. The van der Waals surface area contributed by atoms with Crippen LogP contribution in [0.25, 0.3) is 5.69 Å². The van der Waals surface area contributed by atoms with E-state index >= 15 is 0 Å². The molecule has 25 heavy (non-hydrogen) atoms. The van der Waals surface area contributed by atoms with E-state index in [0.717, 1.165) is 13.1 Å². The number of halogens is 1. The summed E-state index contributed by atoms with van der Waals surface area (Å²) < 4.78 is 15.3. The minimum atomic E-state index is -0.289. The van der Waals surface area contributed by atoms with Crippen LogP contribution in [0.1, 0.15) is 27.2 Å². The average Bonchev–Trinajstić information content (AvgIpc) is 3.01. The van der Waals surface area contributed by atoms with Gasteiger partial charge in [0.25, 0.3) is 0 Å². The van der Waals surface area contributed by atoms with E-state index in [0.29, 0.717) is 22.7 Å². The van der Waals surface area contributed by atoms with Crippen LogP contribution >= 0.6 is 11.8 Å². The number of hydrogen-bond acceptors (Lipinski definition) is 3. The molecule has 0 bridgehead atoms. The minimum Gasteiger partial charge on any atom is -0.341 e. The predicted octanol–water partition coefficient (Wildman–Crippen LogP) is 4.00. The molecule has 1 amide bonds. The fourth-order valence-electron chi connectivity index (χ4n) is 3.51. The van der Waals surface area contributed by atoms with Crippen LogP contribution in [0.3, 0.4) is 0 Å². The monoisotopic (exact) mass is 361 g/mol. The Morgan fingerprint density at radius 1 is 1.32 bits per heavy atom. The molecule has 2 heterocycles. The van der Waals surface area contributed by atoms with Gasteiger partial charge >= 0.3 is 0 Å². The van der Waals surface area contributed by atoms with E-state index in [4.69, 9.17) is 0 Å². The Bertz CT molecular complexity index is 738. The van der Waals surface area contributed by atoms with Crippen LogP contribution in [0.4, 0.5) is 4.39 Å². The van der Waals surface area contributed by atoms with Gasteiger partial charge < -0.3 is 4.90 Å². The molecule has 2 aromatic rings. The third-order valence-corrected chi connectivity index (χ3v) is 5.57. The number of carbonyl (C=O) groups excluding carboxylic acids is 1. The third-order valence-electron chi connectivity index (χ3n) is 4.50. The van der Waals surface area contributed by atoms with Gasteiger partial charge in [-0.15, -0.1) is 0 Å². The fraction of sp³-hybridized carbons (Fsp3) is 0.474. The second-order valence-electron chi connectivity index (χ2n) is 7.01. The van der Waals surface area contributed by atoms with E-state index in [1.54, 1.807) is 18.5 Å². The smallest absolute Gasteiger partial charge is 0.235 e. The number of hydrogen-bond donors (Lipinski definition) is 0. The van der Waals surface area contributed by atoms with Crippen molar-refractivity contribution in [1.82, 2.24) is 14.5 Å². The van der Waals surface area contributed by atoms with Crippen LogP contribution in [0.2, 0.25) is 0 Å². The summed E-state index contributed by atoms with van der Waals surface area (Å²) in [7, 11) is 0. The van der Waals surface area contributed by atoms with Crippen molar-refractivity contribution in [2.75, 3.05) is 13.1 Å². The number of carbonyl (C=O) groups is 1. The van der Waals surface area contributed by atoms with Gasteiger partial charge in [0.1, 0.15) is 5.82 Å². The number of thioether (sulfide) groups is 1. The topological polar surface area (TPSA) is 38.1 Å². The molecule has 3 unspecified atom stereocenters. The van der Waals surface area contributed by atoms with Gasteiger partial charge in [0.2, 0.25) is 5.91 Å². The number of aromatic nitrogens is 2. The molecule has 0 spiro atoms. The highest BCUT2D eigenvalue weighted by Gasteiger charge is 2.29. The molecule has 1 saturated heterocycles. The van der Waals surface area contributed by atoms with E-state index in [9.17, 15) is 9.18 Å². The number of amides is 1. The first kappa shape index (κ1) is 18.0. The standard InChI is InChI=1S/C19H24FN3OS/c1-13-9-14(2)12-22(11-13)18(24)15(3)25-19-21-7-8-23(19)17-6-4-5-16(20)10-17/h4-8,10,13-15H,9,11-12H2,1-3H3. The Morgan fingerprint density at radius 2 is 2.04 bits per heavy atom. The molecule has 0 radical (unpaired) electrons. The zero-order valence-electron chi connectivity index (χ0n) is 14.9. The van der Waals surface area contributed by atoms with Gasteiger partial charge in [0.05, 0.1) is 10.9 Å². The zero-order chi connectivity index (χ0) is 18.0. The van der Waals surface area contributed by atoms with Crippen molar-refractivity contribution in [3.63, 3.8) is 0 Å². The molecule has 3 rings (SSSR count). The largest absolute Gasteiger partial charge is 0.341 e. The Labute approximate surface area is 152 Å². The number of imidazole rings is 1. The molecule has 3 atom stereocenters. The quantitative estimate of drug-likeness (QED) is 0.773. The molecular formula is C19H24FN3OS. The van der Waals surface area contributed by atoms with Gasteiger partial charge in [-0.1, -0.05) is 31.7 Å². The Balaban J connectivity index is 1.72. The second-order valence-corrected chi connectivity index (χ2v) is 8.32. The summed E-state index contributed by atoms with van der Waals surface area (Å²) in [5.41, 5.74) is 0.708. The normalized spacial score (nSPS) is 22.0. The molecule has 4 nitrogen and oxygen atoms in total. The van der Waals surface area contributed by atoms with E-state index < -0.39 is 0 Å². The van der Waals surface area contributed by atoms with E-state index in [2.05, 4.69) is 18.8 Å². The first-order valence-electron chi connectivity index (χ1n) is 8.68. The highest BCUT2D eigenvalue weighted by molar-refractivity contribution is 8.00. The van der Waals surface area contributed by atoms with E-state index in [-0.39, 0.29) is 17.0 Å². The van der Waals surface area contributed by atoms with Crippen molar-refractivity contribution in [2.45, 2.75) is 37.6 Å². The number of benzene rings is 1. The maximum absolute atomic E-state index is 13.5. The zero-order valence-corrected chi connectivity index (χ0v) is 15.7. The van der Waals surface area contributed by atoms with Gasteiger partial charge in [-0.25, -0.2) is 9.37 Å². The lowest BCUT2D eigenvalue weighted by molar-refractivity contribution is -0.132. The summed E-state index contributed by atoms with van der Waals surface area (Å²) >= 11 is 1.42. The summed E-state index contributed by atoms with van der Waals surface area (Å²) in [5, 5.41) is 0.469. The summed E-state index contributed by atoms with van der Waals surface area (Å²) in [6.07, 6.45) is 4.64. The first-order chi connectivity index (χ1) is 11.9. The molecule has 0 N–H and O–H groups in total. The van der Waals surface area contributed by atoms with E-state index in [1.807, 2.05) is 22.5 Å². The van der Waals surface area contributed by atoms with Gasteiger partial charge in [-0.05, 0) is 43.4 Å². The summed E-state index contributed by atoms with van der Waals surface area (Å²) in [6, 6.07) is 6.38. The lowest BCUT2D eigenvalue weighted by atomic mass is 9.92. The van der Waals surface area contributed by atoms with Gasteiger partial charge in [-0.3, -0.25) is 9.36 Å². The Morgan fingerprint density at radius 3 is 2.72 bits per heavy atom. The molecule has 6 heteroatoms. The maximum Gasteiger partial charge on any atom is 0.235 e. The predicted molar refractivity (Wildman–Crippen MR) is 98.4 cm³/mol. The highest BCUT2D eigenvalue weighted by Crippen LogP contribution is 2.28. The minimum absolute atomic E-state index is 0.150. The van der Waals surface area contributed by atoms with Crippen molar-refractivity contribution in [3.8, 4) is 5.69 Å². The van der Waals surface area contributed by atoms with Crippen molar-refractivity contribution in [3.05, 3.63) is 42.5 Å². The number of nitrogens with zero attached hydrogens (tertiary/aromatic N) is 3. The van der Waals surface area contributed by atoms with Gasteiger partial charge in [-0.2, -0.15) is 0 Å².